The Bertz CT molecular complexity index is 575. The van der Waals surface area contributed by atoms with Crippen molar-refractivity contribution >= 4 is 11.8 Å². The van der Waals surface area contributed by atoms with E-state index in [9.17, 15) is 19.1 Å². The highest BCUT2D eigenvalue weighted by molar-refractivity contribution is 5.86. The third kappa shape index (κ3) is 2.97. The second-order valence-electron chi connectivity index (χ2n) is 5.92. The van der Waals surface area contributed by atoms with E-state index in [4.69, 9.17) is 0 Å². The number of carbonyl (C=O) groups is 2. The number of amides is 2. The van der Waals surface area contributed by atoms with Gasteiger partial charge in [-0.2, -0.15) is 0 Å². The monoisotopic (exact) mass is 306 g/mol. The lowest BCUT2D eigenvalue weighted by Gasteiger charge is -2.27. The summed E-state index contributed by atoms with van der Waals surface area (Å²) >= 11 is 0. The van der Waals surface area contributed by atoms with Gasteiger partial charge >= 0.3 is 0 Å². The molecule has 1 aromatic rings. The Labute approximate surface area is 128 Å². The van der Waals surface area contributed by atoms with Crippen LogP contribution in [0, 0.1) is 5.82 Å². The van der Waals surface area contributed by atoms with Crippen molar-refractivity contribution in [2.24, 2.45) is 0 Å². The average Bonchev–Trinajstić information content (AvgIpc) is 3.06. The number of likely N-dealkylation sites (tertiary alicyclic amines) is 2. The molecule has 2 heterocycles. The van der Waals surface area contributed by atoms with Gasteiger partial charge in [0.15, 0.2) is 0 Å². The Hall–Kier alpha value is -1.95. The Morgan fingerprint density at radius 1 is 1.32 bits per heavy atom. The van der Waals surface area contributed by atoms with Gasteiger partial charge in [0.05, 0.1) is 18.7 Å². The number of nitrogens with zero attached hydrogens (tertiary/aromatic N) is 2. The van der Waals surface area contributed by atoms with Crippen LogP contribution in [-0.2, 0) is 9.59 Å². The summed E-state index contributed by atoms with van der Waals surface area (Å²) in [6.07, 6.45) is 1.13. The van der Waals surface area contributed by atoms with Gasteiger partial charge in [0, 0.05) is 19.5 Å². The molecule has 0 unspecified atom stereocenters. The van der Waals surface area contributed by atoms with Crippen LogP contribution in [0.3, 0.4) is 0 Å². The van der Waals surface area contributed by atoms with E-state index < -0.39 is 6.10 Å². The van der Waals surface area contributed by atoms with Crippen LogP contribution < -0.4 is 0 Å². The summed E-state index contributed by atoms with van der Waals surface area (Å²) in [4.78, 5) is 27.3. The molecule has 6 heteroatoms. The maximum atomic E-state index is 13.0. The number of rotatable bonds is 3. The molecule has 22 heavy (non-hydrogen) atoms. The van der Waals surface area contributed by atoms with E-state index >= 15 is 0 Å². The number of aliphatic hydroxyl groups is 1. The van der Waals surface area contributed by atoms with Crippen molar-refractivity contribution < 1.29 is 19.1 Å². The Kier molecular flexibility index (Phi) is 4.11. The molecule has 0 aromatic heterocycles. The van der Waals surface area contributed by atoms with Gasteiger partial charge in [-0.1, -0.05) is 12.1 Å². The van der Waals surface area contributed by atoms with Crippen molar-refractivity contribution in [1.82, 2.24) is 9.80 Å². The van der Waals surface area contributed by atoms with Gasteiger partial charge in [-0.3, -0.25) is 9.59 Å². The maximum absolute atomic E-state index is 13.0. The summed E-state index contributed by atoms with van der Waals surface area (Å²) in [7, 11) is 0. The van der Waals surface area contributed by atoms with Gasteiger partial charge in [-0.15, -0.1) is 0 Å². The predicted octanol–water partition coefficient (Wildman–Crippen LogP) is 1.08. The minimum absolute atomic E-state index is 0.00595. The molecule has 0 bridgehead atoms. The zero-order valence-corrected chi connectivity index (χ0v) is 12.2. The van der Waals surface area contributed by atoms with Gasteiger partial charge in [0.25, 0.3) is 0 Å². The molecule has 2 aliphatic rings. The first-order valence-electron chi connectivity index (χ1n) is 7.55. The second kappa shape index (κ2) is 6.04. The molecule has 2 fully saturated rings. The largest absolute Gasteiger partial charge is 0.391 e. The molecule has 0 radical (unpaired) electrons. The average molecular weight is 306 g/mol. The van der Waals surface area contributed by atoms with Gasteiger partial charge in [0.1, 0.15) is 5.82 Å². The molecule has 2 saturated heterocycles. The molecule has 1 N–H and O–H groups in total. The lowest BCUT2D eigenvalue weighted by Crippen LogP contribution is -2.41. The third-order valence-corrected chi connectivity index (χ3v) is 4.35. The topological polar surface area (TPSA) is 60.9 Å². The predicted molar refractivity (Wildman–Crippen MR) is 77.3 cm³/mol. The zero-order valence-electron chi connectivity index (χ0n) is 12.2. The number of benzene rings is 1. The molecule has 2 atom stereocenters. The van der Waals surface area contributed by atoms with Crippen LogP contribution in [0.2, 0.25) is 0 Å². The normalized spacial score (nSPS) is 25.1. The number of hydrogen-bond donors (Lipinski definition) is 1. The molecular weight excluding hydrogens is 287 g/mol. The van der Waals surface area contributed by atoms with E-state index in [1.165, 1.54) is 12.1 Å². The van der Waals surface area contributed by atoms with Gasteiger partial charge in [-0.25, -0.2) is 4.39 Å². The molecule has 3 rings (SSSR count). The van der Waals surface area contributed by atoms with Crippen molar-refractivity contribution in [2.75, 3.05) is 19.6 Å². The highest BCUT2D eigenvalue weighted by Gasteiger charge is 2.36. The van der Waals surface area contributed by atoms with Crippen LogP contribution in [0.1, 0.15) is 30.9 Å². The van der Waals surface area contributed by atoms with Crippen molar-refractivity contribution in [3.05, 3.63) is 35.6 Å². The van der Waals surface area contributed by atoms with Crippen molar-refractivity contribution in [1.29, 1.82) is 0 Å². The first kappa shape index (κ1) is 15.0. The highest BCUT2D eigenvalue weighted by atomic mass is 19.1. The van der Waals surface area contributed by atoms with Crippen LogP contribution in [-0.4, -0.2) is 52.5 Å². The molecule has 2 aliphatic heterocycles. The fraction of sp³-hybridized carbons (Fsp3) is 0.500. The second-order valence-corrected chi connectivity index (χ2v) is 5.92. The summed E-state index contributed by atoms with van der Waals surface area (Å²) in [6.45, 7) is 0.925. The minimum atomic E-state index is -0.590. The highest BCUT2D eigenvalue weighted by Crippen LogP contribution is 2.32. The Morgan fingerprint density at radius 3 is 2.68 bits per heavy atom. The molecule has 0 saturated carbocycles. The van der Waals surface area contributed by atoms with Gasteiger partial charge in [-0.05, 0) is 30.5 Å². The maximum Gasteiger partial charge on any atom is 0.242 e. The number of aliphatic hydroxyl groups excluding tert-OH is 1. The van der Waals surface area contributed by atoms with E-state index in [-0.39, 0.29) is 36.8 Å². The smallest absolute Gasteiger partial charge is 0.242 e. The molecule has 5 nitrogen and oxygen atoms in total. The fourth-order valence-corrected chi connectivity index (χ4v) is 3.22. The minimum Gasteiger partial charge on any atom is -0.391 e. The van der Waals surface area contributed by atoms with E-state index in [1.54, 1.807) is 21.9 Å². The van der Waals surface area contributed by atoms with Crippen LogP contribution in [0.5, 0.6) is 0 Å². The Balaban J connectivity index is 1.73. The molecule has 0 aliphatic carbocycles. The van der Waals surface area contributed by atoms with Crippen molar-refractivity contribution in [3.63, 3.8) is 0 Å². The zero-order chi connectivity index (χ0) is 15.7. The molecule has 0 spiro atoms. The first-order valence-corrected chi connectivity index (χ1v) is 7.55. The summed E-state index contributed by atoms with van der Waals surface area (Å²) in [5, 5.41) is 9.90. The van der Waals surface area contributed by atoms with Crippen molar-refractivity contribution in [2.45, 2.75) is 31.4 Å². The number of halogens is 1. The Morgan fingerprint density at radius 2 is 2.05 bits per heavy atom. The van der Waals surface area contributed by atoms with Crippen LogP contribution in [0.15, 0.2) is 24.3 Å². The molecule has 2 amide bonds. The quantitative estimate of drug-likeness (QED) is 0.909. The number of carbonyl (C=O) groups excluding carboxylic acids is 2. The number of β-amino-alcohol motifs (C(OH)–C–C–N with tert-alkyl or cyclic N) is 1. The first-order chi connectivity index (χ1) is 10.5. The van der Waals surface area contributed by atoms with Crippen LogP contribution in [0.25, 0.3) is 0 Å². The summed E-state index contributed by atoms with van der Waals surface area (Å²) < 4.78 is 13.0. The third-order valence-electron chi connectivity index (χ3n) is 4.35. The SMILES string of the molecule is O=C1CCCN1CC(=O)N1C[C@@H](O)C[C@H]1c1ccc(F)cc1. The summed E-state index contributed by atoms with van der Waals surface area (Å²) in [6, 6.07) is 5.72. The van der Waals surface area contributed by atoms with E-state index in [0.717, 1.165) is 12.0 Å². The van der Waals surface area contributed by atoms with Crippen LogP contribution in [0.4, 0.5) is 4.39 Å². The lowest BCUT2D eigenvalue weighted by molar-refractivity contribution is -0.139. The molecule has 1 aromatic carbocycles. The summed E-state index contributed by atoms with van der Waals surface area (Å²) in [5.74, 6) is -0.490. The standard InChI is InChI=1S/C16H19FN2O3/c17-12-5-3-11(4-6-12)14-8-13(20)9-19(14)16(22)10-18-7-1-2-15(18)21/h3-6,13-14,20H,1-2,7-10H2/t13-,14-/m0/s1. The summed E-state index contributed by atoms with van der Waals surface area (Å²) in [5.41, 5.74) is 0.805. The van der Waals surface area contributed by atoms with Crippen LogP contribution >= 0.6 is 0 Å². The van der Waals surface area contributed by atoms with E-state index in [0.29, 0.717) is 19.4 Å². The fourth-order valence-electron chi connectivity index (χ4n) is 3.22. The molecule has 118 valence electrons. The van der Waals surface area contributed by atoms with Gasteiger partial charge < -0.3 is 14.9 Å². The van der Waals surface area contributed by atoms with E-state index in [2.05, 4.69) is 0 Å². The van der Waals surface area contributed by atoms with Gasteiger partial charge in [0.2, 0.25) is 11.8 Å². The lowest BCUT2D eigenvalue weighted by atomic mass is 10.0. The van der Waals surface area contributed by atoms with E-state index in [1.807, 2.05) is 0 Å². The van der Waals surface area contributed by atoms with Crippen molar-refractivity contribution in [3.8, 4) is 0 Å². The number of hydrogen-bond acceptors (Lipinski definition) is 3. The molecular formula is C16H19FN2O3.